The first kappa shape index (κ1) is 16.5. The molecule has 0 spiro atoms. The van der Waals surface area contributed by atoms with Gasteiger partial charge in [-0.1, -0.05) is 47.5 Å². The Bertz CT molecular complexity index is 914. The molecule has 0 fully saturated rings. The Balaban J connectivity index is 2.13. The number of hydrogen-bond acceptors (Lipinski definition) is 3. The molecule has 2 aromatic rings. The van der Waals surface area contributed by atoms with Crippen LogP contribution in [0.5, 0.6) is 0 Å². The second kappa shape index (κ2) is 5.91. The molecule has 24 heavy (non-hydrogen) atoms. The van der Waals surface area contributed by atoms with Crippen molar-refractivity contribution in [2.75, 3.05) is 0 Å². The van der Waals surface area contributed by atoms with Crippen molar-refractivity contribution in [3.63, 3.8) is 0 Å². The van der Waals surface area contributed by atoms with Gasteiger partial charge < -0.3 is 0 Å². The van der Waals surface area contributed by atoms with Crippen LogP contribution in [0.1, 0.15) is 28.3 Å². The number of sulfonamides is 1. The molecule has 2 aromatic carbocycles. The zero-order valence-electron chi connectivity index (χ0n) is 13.7. The van der Waals surface area contributed by atoms with Gasteiger partial charge in [-0.15, -0.1) is 6.58 Å². The first-order valence-electron chi connectivity index (χ1n) is 7.70. The quantitative estimate of drug-likeness (QED) is 0.805. The SMILES string of the molecule is C=CC1c2ccc(C)cc2CC(=O)N1S(=O)(=O)c1ccc(C)cc1. The lowest BCUT2D eigenvalue weighted by Crippen LogP contribution is -2.43. The molecule has 1 heterocycles. The van der Waals surface area contributed by atoms with Crippen molar-refractivity contribution in [2.24, 2.45) is 0 Å². The second-order valence-corrected chi connectivity index (χ2v) is 7.88. The largest absolute Gasteiger partial charge is 0.273 e. The molecule has 1 amide bonds. The lowest BCUT2D eigenvalue weighted by molar-refractivity contribution is -0.127. The average Bonchev–Trinajstić information content (AvgIpc) is 2.53. The van der Waals surface area contributed by atoms with Crippen LogP contribution in [0.25, 0.3) is 0 Å². The van der Waals surface area contributed by atoms with Gasteiger partial charge >= 0.3 is 0 Å². The number of carbonyl (C=O) groups is 1. The van der Waals surface area contributed by atoms with E-state index in [0.29, 0.717) is 0 Å². The van der Waals surface area contributed by atoms with Gasteiger partial charge in [0.25, 0.3) is 10.0 Å². The molecule has 1 aliphatic rings. The van der Waals surface area contributed by atoms with Gasteiger partial charge in [-0.2, -0.15) is 0 Å². The van der Waals surface area contributed by atoms with Crippen LogP contribution >= 0.6 is 0 Å². The van der Waals surface area contributed by atoms with E-state index in [1.807, 2.05) is 32.0 Å². The molecule has 0 N–H and O–H groups in total. The minimum Gasteiger partial charge on any atom is -0.273 e. The summed E-state index contributed by atoms with van der Waals surface area (Å²) >= 11 is 0. The Hall–Kier alpha value is -2.40. The number of benzene rings is 2. The molecular formula is C19H19NO3S. The Morgan fingerprint density at radius 3 is 2.33 bits per heavy atom. The lowest BCUT2D eigenvalue weighted by Gasteiger charge is -2.34. The maximum Gasteiger partial charge on any atom is 0.267 e. The van der Waals surface area contributed by atoms with Crippen molar-refractivity contribution < 1.29 is 13.2 Å². The summed E-state index contributed by atoms with van der Waals surface area (Å²) in [4.78, 5) is 12.7. The first-order chi connectivity index (χ1) is 11.3. The zero-order valence-corrected chi connectivity index (χ0v) is 14.5. The van der Waals surface area contributed by atoms with E-state index in [-0.39, 0.29) is 11.3 Å². The molecule has 0 bridgehead atoms. The molecule has 124 valence electrons. The third kappa shape index (κ3) is 2.65. The van der Waals surface area contributed by atoms with E-state index < -0.39 is 22.0 Å². The van der Waals surface area contributed by atoms with Crippen LogP contribution in [0.2, 0.25) is 0 Å². The molecule has 1 atom stereocenters. The van der Waals surface area contributed by atoms with E-state index in [0.717, 1.165) is 26.6 Å². The molecule has 0 saturated carbocycles. The summed E-state index contributed by atoms with van der Waals surface area (Å²) in [6.45, 7) is 7.58. The molecule has 1 unspecified atom stereocenters. The van der Waals surface area contributed by atoms with Crippen LogP contribution < -0.4 is 0 Å². The maximum atomic E-state index is 13.0. The van der Waals surface area contributed by atoms with Gasteiger partial charge in [0.15, 0.2) is 0 Å². The molecule has 0 radical (unpaired) electrons. The van der Waals surface area contributed by atoms with Crippen molar-refractivity contribution in [1.82, 2.24) is 4.31 Å². The molecule has 3 rings (SSSR count). The van der Waals surface area contributed by atoms with Crippen molar-refractivity contribution in [2.45, 2.75) is 31.2 Å². The lowest BCUT2D eigenvalue weighted by atomic mass is 9.92. The van der Waals surface area contributed by atoms with Crippen molar-refractivity contribution in [3.8, 4) is 0 Å². The minimum absolute atomic E-state index is 0.0758. The summed E-state index contributed by atoms with van der Waals surface area (Å²) in [6.07, 6.45) is 1.59. The summed E-state index contributed by atoms with van der Waals surface area (Å²) in [5.74, 6) is -0.432. The topological polar surface area (TPSA) is 54.5 Å². The summed E-state index contributed by atoms with van der Waals surface area (Å²) < 4.78 is 27.0. The summed E-state index contributed by atoms with van der Waals surface area (Å²) in [5, 5.41) is 0. The summed E-state index contributed by atoms with van der Waals surface area (Å²) in [7, 11) is -3.93. The standard InChI is InChI=1S/C19H19NO3S/c1-4-18-17-10-7-14(3)11-15(17)12-19(21)20(18)24(22,23)16-8-5-13(2)6-9-16/h4-11,18H,1,12H2,2-3H3. The van der Waals surface area contributed by atoms with Crippen LogP contribution in [0.15, 0.2) is 60.0 Å². The van der Waals surface area contributed by atoms with Crippen molar-refractivity contribution in [1.29, 1.82) is 0 Å². The maximum absolute atomic E-state index is 13.0. The summed E-state index contributed by atoms with van der Waals surface area (Å²) in [5.41, 5.74) is 3.67. The van der Waals surface area contributed by atoms with Crippen molar-refractivity contribution >= 4 is 15.9 Å². The summed E-state index contributed by atoms with van der Waals surface area (Å²) in [6, 6.07) is 11.5. The van der Waals surface area contributed by atoms with E-state index in [1.54, 1.807) is 12.1 Å². The molecule has 0 saturated heterocycles. The molecule has 0 aromatic heterocycles. The number of carbonyl (C=O) groups excluding carboxylic acids is 1. The Morgan fingerprint density at radius 2 is 1.71 bits per heavy atom. The van der Waals surface area contributed by atoms with Gasteiger partial charge in [-0.25, -0.2) is 12.7 Å². The average molecular weight is 341 g/mol. The highest BCUT2D eigenvalue weighted by Crippen LogP contribution is 2.36. The first-order valence-corrected chi connectivity index (χ1v) is 9.14. The van der Waals surface area contributed by atoms with Crippen LogP contribution in [-0.4, -0.2) is 18.6 Å². The second-order valence-electron chi connectivity index (χ2n) is 6.07. The monoisotopic (exact) mass is 341 g/mol. The third-order valence-electron chi connectivity index (χ3n) is 4.26. The number of amides is 1. The fraction of sp³-hybridized carbons (Fsp3) is 0.211. The fourth-order valence-corrected chi connectivity index (χ4v) is 4.57. The third-order valence-corrected chi connectivity index (χ3v) is 6.07. The van der Waals surface area contributed by atoms with E-state index in [2.05, 4.69) is 6.58 Å². The predicted molar refractivity (Wildman–Crippen MR) is 93.0 cm³/mol. The van der Waals surface area contributed by atoms with Gasteiger partial charge in [0, 0.05) is 0 Å². The van der Waals surface area contributed by atoms with Crippen molar-refractivity contribution in [3.05, 3.63) is 77.4 Å². The Labute approximate surface area is 142 Å². The van der Waals surface area contributed by atoms with Crippen LogP contribution in [0, 0.1) is 13.8 Å². The molecule has 4 nitrogen and oxygen atoms in total. The molecule has 5 heteroatoms. The highest BCUT2D eigenvalue weighted by atomic mass is 32.2. The van der Waals surface area contributed by atoms with E-state index in [4.69, 9.17) is 0 Å². The Kier molecular flexibility index (Phi) is 4.05. The van der Waals surface area contributed by atoms with Crippen LogP contribution in [-0.2, 0) is 21.2 Å². The normalized spacial score (nSPS) is 17.5. The predicted octanol–water partition coefficient (Wildman–Crippen LogP) is 3.30. The molecule has 0 aliphatic carbocycles. The smallest absolute Gasteiger partial charge is 0.267 e. The number of fused-ring (bicyclic) bond motifs is 1. The Morgan fingerprint density at radius 1 is 1.08 bits per heavy atom. The minimum atomic E-state index is -3.93. The van der Waals surface area contributed by atoms with Crippen LogP contribution in [0.3, 0.4) is 0 Å². The van der Waals surface area contributed by atoms with E-state index >= 15 is 0 Å². The van der Waals surface area contributed by atoms with E-state index in [9.17, 15) is 13.2 Å². The van der Waals surface area contributed by atoms with Gasteiger partial charge in [0.1, 0.15) is 0 Å². The molecular weight excluding hydrogens is 322 g/mol. The number of rotatable bonds is 3. The fourth-order valence-electron chi connectivity index (χ4n) is 3.03. The van der Waals surface area contributed by atoms with Gasteiger partial charge in [0.05, 0.1) is 17.4 Å². The molecule has 1 aliphatic heterocycles. The number of nitrogens with zero attached hydrogens (tertiary/aromatic N) is 1. The van der Waals surface area contributed by atoms with Gasteiger partial charge in [0.2, 0.25) is 5.91 Å². The zero-order chi connectivity index (χ0) is 17.5. The number of hydrogen-bond donors (Lipinski definition) is 0. The highest BCUT2D eigenvalue weighted by Gasteiger charge is 2.39. The number of aryl methyl sites for hydroxylation is 2. The van der Waals surface area contributed by atoms with Gasteiger partial charge in [-0.3, -0.25) is 4.79 Å². The van der Waals surface area contributed by atoms with Gasteiger partial charge in [-0.05, 0) is 37.1 Å². The van der Waals surface area contributed by atoms with E-state index in [1.165, 1.54) is 18.2 Å². The van der Waals surface area contributed by atoms with Crippen LogP contribution in [0.4, 0.5) is 0 Å². The highest BCUT2D eigenvalue weighted by molar-refractivity contribution is 7.89.